The molecule has 7 nitrogen and oxygen atoms in total. The first-order valence-corrected chi connectivity index (χ1v) is 9.28. The van der Waals surface area contributed by atoms with E-state index >= 15 is 0 Å². The molecule has 146 valence electrons. The topological polar surface area (TPSA) is 109 Å². The monoisotopic (exact) mass is 374 g/mol. The maximum Gasteiger partial charge on any atom is 0.322 e. The van der Waals surface area contributed by atoms with Gasteiger partial charge in [-0.3, -0.25) is 9.59 Å². The van der Waals surface area contributed by atoms with E-state index in [1.54, 1.807) is 18.2 Å². The molecule has 0 aliphatic heterocycles. The number of carbonyl (C=O) groups excluding carboxylic acids is 1. The van der Waals surface area contributed by atoms with Crippen LogP contribution < -0.4 is 10.1 Å². The summed E-state index contributed by atoms with van der Waals surface area (Å²) in [6.45, 7) is 2.29. The van der Waals surface area contributed by atoms with E-state index in [1.165, 1.54) is 31.7 Å². The van der Waals surface area contributed by atoms with E-state index in [2.05, 4.69) is 17.2 Å². The number of carboxylic acid groups (broad SMARTS) is 1. The number of aromatic nitrogens is 1. The highest BCUT2D eigenvalue weighted by Crippen LogP contribution is 2.25. The molecule has 1 amide bonds. The zero-order valence-corrected chi connectivity index (χ0v) is 15.5. The molecule has 0 aliphatic rings. The van der Waals surface area contributed by atoms with Crippen LogP contribution >= 0.6 is 0 Å². The Bertz CT molecular complexity index is 791. The number of unbranched alkanes of at least 4 members (excludes halogenated alkanes) is 5. The third kappa shape index (κ3) is 6.44. The van der Waals surface area contributed by atoms with E-state index < -0.39 is 18.4 Å². The van der Waals surface area contributed by atoms with Crippen LogP contribution in [0.3, 0.4) is 0 Å². The summed E-state index contributed by atoms with van der Waals surface area (Å²) in [4.78, 5) is 26.6. The van der Waals surface area contributed by atoms with E-state index in [9.17, 15) is 14.7 Å². The number of hydrogen-bond donors (Lipinski definition) is 3. The van der Waals surface area contributed by atoms with Gasteiger partial charge in [-0.05, 0) is 30.7 Å². The number of aliphatic carboxylic acids is 1. The van der Waals surface area contributed by atoms with E-state index in [0.717, 1.165) is 12.8 Å². The van der Waals surface area contributed by atoms with Crippen molar-refractivity contribution in [1.29, 1.82) is 0 Å². The second kappa shape index (κ2) is 10.4. The van der Waals surface area contributed by atoms with Crippen LogP contribution in [0.4, 0.5) is 0 Å². The zero-order chi connectivity index (χ0) is 19.6. The predicted octanol–water partition coefficient (Wildman–Crippen LogP) is 3.49. The third-order valence-corrected chi connectivity index (χ3v) is 4.15. The minimum absolute atomic E-state index is 0.204. The van der Waals surface area contributed by atoms with Crippen molar-refractivity contribution < 1.29 is 24.5 Å². The molecule has 1 aromatic heterocycles. The Morgan fingerprint density at radius 1 is 1.11 bits per heavy atom. The third-order valence-electron chi connectivity index (χ3n) is 4.15. The number of aromatic hydroxyl groups is 1. The summed E-state index contributed by atoms with van der Waals surface area (Å²) in [5.74, 6) is -1.53. The van der Waals surface area contributed by atoms with Gasteiger partial charge in [-0.25, -0.2) is 4.98 Å². The minimum atomic E-state index is -1.17. The highest BCUT2D eigenvalue weighted by molar-refractivity contribution is 5.99. The molecule has 0 bridgehead atoms. The Morgan fingerprint density at radius 3 is 2.59 bits per heavy atom. The highest BCUT2D eigenvalue weighted by Gasteiger charge is 2.15. The van der Waals surface area contributed by atoms with Crippen molar-refractivity contribution in [3.05, 3.63) is 30.0 Å². The van der Waals surface area contributed by atoms with Gasteiger partial charge in [0.1, 0.15) is 18.0 Å². The van der Waals surface area contributed by atoms with E-state index in [-0.39, 0.29) is 11.4 Å². The van der Waals surface area contributed by atoms with Gasteiger partial charge in [0.25, 0.3) is 5.91 Å². The second-order valence-electron chi connectivity index (χ2n) is 6.40. The van der Waals surface area contributed by atoms with E-state index in [1.807, 2.05) is 0 Å². The predicted molar refractivity (Wildman–Crippen MR) is 102 cm³/mol. The molecule has 7 heteroatoms. The standard InChI is InChI=1S/C20H26N2O5/c1-2-3-4-5-6-7-10-27-15-8-9-16-14(11-15)12-17(23)19(22-16)20(26)21-13-18(24)25/h8-9,11-12,23H,2-7,10,13H2,1H3,(H,21,26)(H,24,25). The lowest BCUT2D eigenvalue weighted by molar-refractivity contribution is -0.135. The molecule has 1 heterocycles. The lowest BCUT2D eigenvalue weighted by Gasteiger charge is -2.09. The molecular weight excluding hydrogens is 348 g/mol. The lowest BCUT2D eigenvalue weighted by Crippen LogP contribution is -2.29. The molecule has 0 unspecified atom stereocenters. The van der Waals surface area contributed by atoms with Crippen molar-refractivity contribution in [2.75, 3.05) is 13.2 Å². The molecule has 3 N–H and O–H groups in total. The number of rotatable bonds is 11. The van der Waals surface area contributed by atoms with Gasteiger partial charge in [0, 0.05) is 5.39 Å². The quantitative estimate of drug-likeness (QED) is 0.520. The van der Waals surface area contributed by atoms with E-state index in [4.69, 9.17) is 9.84 Å². The number of ether oxygens (including phenoxy) is 1. The number of nitrogens with one attached hydrogen (secondary N) is 1. The first-order valence-electron chi connectivity index (χ1n) is 9.28. The van der Waals surface area contributed by atoms with Crippen LogP contribution in [0.2, 0.25) is 0 Å². The van der Waals surface area contributed by atoms with E-state index in [0.29, 0.717) is 23.3 Å². The van der Waals surface area contributed by atoms with Gasteiger partial charge in [0.05, 0.1) is 12.1 Å². The Labute approximate surface area is 158 Å². The maximum atomic E-state index is 11.9. The fraction of sp³-hybridized carbons (Fsp3) is 0.450. The summed E-state index contributed by atoms with van der Waals surface area (Å²) in [5.41, 5.74) is 0.310. The van der Waals surface area contributed by atoms with Crippen molar-refractivity contribution >= 4 is 22.8 Å². The molecule has 0 saturated carbocycles. The van der Waals surface area contributed by atoms with Gasteiger partial charge in [0.2, 0.25) is 0 Å². The van der Waals surface area contributed by atoms with Crippen LogP contribution in [-0.2, 0) is 4.79 Å². The van der Waals surface area contributed by atoms with Gasteiger partial charge >= 0.3 is 5.97 Å². The van der Waals surface area contributed by atoms with Crippen LogP contribution in [0.15, 0.2) is 24.3 Å². The fourth-order valence-corrected chi connectivity index (χ4v) is 2.71. The molecule has 0 aliphatic carbocycles. The summed E-state index contributed by atoms with van der Waals surface area (Å²) < 4.78 is 5.75. The lowest BCUT2D eigenvalue weighted by atomic mass is 10.1. The molecular formula is C20H26N2O5. The summed E-state index contributed by atoms with van der Waals surface area (Å²) in [6, 6.07) is 6.66. The average Bonchev–Trinajstić information content (AvgIpc) is 2.64. The molecule has 0 atom stereocenters. The van der Waals surface area contributed by atoms with Gasteiger partial charge in [0.15, 0.2) is 5.69 Å². The van der Waals surface area contributed by atoms with Crippen LogP contribution in [0, 0.1) is 0 Å². The molecule has 2 aromatic rings. The molecule has 0 fully saturated rings. The molecule has 1 aromatic carbocycles. The maximum absolute atomic E-state index is 11.9. The molecule has 0 radical (unpaired) electrons. The Balaban J connectivity index is 1.96. The fourth-order valence-electron chi connectivity index (χ4n) is 2.71. The van der Waals surface area contributed by atoms with Gasteiger partial charge in [-0.2, -0.15) is 0 Å². The van der Waals surface area contributed by atoms with Crippen LogP contribution in [0.1, 0.15) is 55.9 Å². The highest BCUT2D eigenvalue weighted by atomic mass is 16.5. The van der Waals surface area contributed by atoms with Gasteiger partial charge in [-0.15, -0.1) is 0 Å². The number of amides is 1. The first kappa shape index (κ1) is 20.5. The number of hydrogen-bond acceptors (Lipinski definition) is 5. The number of fused-ring (bicyclic) bond motifs is 1. The normalized spacial score (nSPS) is 10.7. The SMILES string of the molecule is CCCCCCCCOc1ccc2nc(C(=O)NCC(=O)O)c(O)cc2c1. The van der Waals surface area contributed by atoms with Crippen molar-refractivity contribution in [1.82, 2.24) is 10.3 Å². The van der Waals surface area contributed by atoms with Crippen LogP contribution in [0.5, 0.6) is 11.5 Å². The number of carboxylic acids is 1. The first-order chi connectivity index (χ1) is 13.0. The average molecular weight is 374 g/mol. The number of nitrogens with zero attached hydrogens (tertiary/aromatic N) is 1. The second-order valence-corrected chi connectivity index (χ2v) is 6.40. The number of pyridine rings is 1. The molecule has 0 spiro atoms. The summed E-state index contributed by atoms with van der Waals surface area (Å²) in [6.07, 6.45) is 7.13. The van der Waals surface area contributed by atoms with Crippen molar-refractivity contribution in [2.24, 2.45) is 0 Å². The summed E-state index contributed by atoms with van der Waals surface area (Å²) in [7, 11) is 0. The Hall–Kier alpha value is -2.83. The molecule has 0 saturated heterocycles. The van der Waals surface area contributed by atoms with Crippen molar-refractivity contribution in [3.63, 3.8) is 0 Å². The summed E-state index contributed by atoms with van der Waals surface area (Å²) >= 11 is 0. The Kier molecular flexibility index (Phi) is 7.85. The van der Waals surface area contributed by atoms with Crippen LogP contribution in [0.25, 0.3) is 10.9 Å². The van der Waals surface area contributed by atoms with Gasteiger partial charge < -0.3 is 20.3 Å². The number of carbonyl (C=O) groups is 2. The number of benzene rings is 1. The smallest absolute Gasteiger partial charge is 0.322 e. The van der Waals surface area contributed by atoms with Gasteiger partial charge in [-0.1, -0.05) is 39.0 Å². The van der Waals surface area contributed by atoms with Crippen molar-refractivity contribution in [2.45, 2.75) is 45.4 Å². The minimum Gasteiger partial charge on any atom is -0.505 e. The molecule has 27 heavy (non-hydrogen) atoms. The Morgan fingerprint density at radius 2 is 1.85 bits per heavy atom. The largest absolute Gasteiger partial charge is 0.505 e. The van der Waals surface area contributed by atoms with Crippen molar-refractivity contribution in [3.8, 4) is 11.5 Å². The van der Waals surface area contributed by atoms with Crippen LogP contribution in [-0.4, -0.2) is 40.2 Å². The summed E-state index contributed by atoms with van der Waals surface area (Å²) in [5, 5.41) is 21.5. The zero-order valence-electron chi connectivity index (χ0n) is 15.5. The molecule has 2 rings (SSSR count).